The summed E-state index contributed by atoms with van der Waals surface area (Å²) in [7, 11) is 0. The molecule has 0 aliphatic rings. The number of rotatable bonds is 3. The second-order valence-corrected chi connectivity index (χ2v) is 5.50. The molecule has 0 spiro atoms. The number of H-pyrrole nitrogens is 1. The van der Waals surface area contributed by atoms with Crippen LogP contribution in [0.25, 0.3) is 11.0 Å². The van der Waals surface area contributed by atoms with Crippen LogP contribution >= 0.6 is 23.4 Å². The van der Waals surface area contributed by atoms with Crippen molar-refractivity contribution in [1.29, 1.82) is 0 Å². The monoisotopic (exact) mass is 304 g/mol. The van der Waals surface area contributed by atoms with Gasteiger partial charge in [0.05, 0.1) is 16.6 Å². The highest BCUT2D eigenvalue weighted by Gasteiger charge is 2.13. The lowest BCUT2D eigenvalue weighted by atomic mass is 10.2. The predicted molar refractivity (Wildman–Crippen MR) is 77.4 cm³/mol. The van der Waals surface area contributed by atoms with E-state index >= 15 is 0 Å². The molecule has 100 valence electrons. The first kappa shape index (κ1) is 13.1. The Balaban J connectivity index is 2.01. The number of aryl methyl sites for hydroxylation is 1. The smallest absolute Gasteiger partial charge is 0.172 e. The molecule has 2 aromatic heterocycles. The molecule has 20 heavy (non-hydrogen) atoms. The largest absolute Gasteiger partial charge is 0.333 e. The number of nitrogens with one attached hydrogen (secondary N) is 1. The van der Waals surface area contributed by atoms with Crippen LogP contribution in [0.5, 0.6) is 0 Å². The van der Waals surface area contributed by atoms with Gasteiger partial charge in [0, 0.05) is 0 Å². The highest BCUT2D eigenvalue weighted by molar-refractivity contribution is 7.99. The van der Waals surface area contributed by atoms with Crippen LogP contribution in [0.2, 0.25) is 5.15 Å². The van der Waals surface area contributed by atoms with Crippen molar-refractivity contribution in [3.05, 3.63) is 40.8 Å². The number of carbonyl (C=O) groups excluding carboxylic acids is 1. The summed E-state index contributed by atoms with van der Waals surface area (Å²) in [4.78, 5) is 26.5. The Morgan fingerprint density at radius 2 is 2.20 bits per heavy atom. The Bertz CT molecular complexity index is 802. The molecular weight excluding hydrogens is 296 g/mol. The summed E-state index contributed by atoms with van der Waals surface area (Å²) < 4.78 is 0. The van der Waals surface area contributed by atoms with Crippen molar-refractivity contribution in [3.63, 3.8) is 0 Å². The van der Waals surface area contributed by atoms with E-state index in [1.54, 1.807) is 0 Å². The van der Waals surface area contributed by atoms with E-state index in [9.17, 15) is 4.79 Å². The van der Waals surface area contributed by atoms with E-state index in [1.165, 1.54) is 18.1 Å². The maximum absolute atomic E-state index is 11.0. The van der Waals surface area contributed by atoms with Crippen molar-refractivity contribution in [3.8, 4) is 0 Å². The maximum Gasteiger partial charge on any atom is 0.172 e. The SMILES string of the molecule is Cc1ccc2nc(Sc3ncnc(Cl)c3C=O)[nH]c2c1. The zero-order valence-corrected chi connectivity index (χ0v) is 12.0. The standard InChI is InChI=1S/C13H9ClN4OS/c1-7-2-3-9-10(4-7)18-13(17-9)20-12-8(5-19)11(14)15-6-16-12/h2-6H,1H3,(H,17,18). The number of fused-ring (bicyclic) bond motifs is 1. The molecule has 0 aliphatic heterocycles. The van der Waals surface area contributed by atoms with Crippen LogP contribution in [-0.4, -0.2) is 26.2 Å². The molecule has 5 nitrogen and oxygen atoms in total. The molecule has 0 atom stereocenters. The molecule has 0 saturated carbocycles. The molecule has 2 heterocycles. The number of aromatic nitrogens is 4. The summed E-state index contributed by atoms with van der Waals surface area (Å²) in [6, 6.07) is 5.95. The quantitative estimate of drug-likeness (QED) is 0.594. The fraction of sp³-hybridized carbons (Fsp3) is 0.0769. The van der Waals surface area contributed by atoms with Crippen LogP contribution in [-0.2, 0) is 0 Å². The highest BCUT2D eigenvalue weighted by atomic mass is 35.5. The van der Waals surface area contributed by atoms with Gasteiger partial charge in [-0.2, -0.15) is 0 Å². The number of nitrogens with zero attached hydrogens (tertiary/aromatic N) is 3. The third-order valence-corrected chi connectivity index (χ3v) is 3.93. The molecule has 0 aliphatic carbocycles. The van der Waals surface area contributed by atoms with Gasteiger partial charge >= 0.3 is 0 Å². The minimum atomic E-state index is 0.143. The molecule has 7 heteroatoms. The van der Waals surface area contributed by atoms with E-state index in [4.69, 9.17) is 11.6 Å². The van der Waals surface area contributed by atoms with Crippen LogP contribution in [0.4, 0.5) is 0 Å². The van der Waals surface area contributed by atoms with Gasteiger partial charge in [0.1, 0.15) is 16.5 Å². The zero-order chi connectivity index (χ0) is 14.1. The van der Waals surface area contributed by atoms with Gasteiger partial charge in [0.15, 0.2) is 11.4 Å². The molecule has 1 aromatic carbocycles. The second kappa shape index (κ2) is 5.22. The Kier molecular flexibility index (Phi) is 3.42. The first-order valence-electron chi connectivity index (χ1n) is 5.77. The minimum absolute atomic E-state index is 0.143. The summed E-state index contributed by atoms with van der Waals surface area (Å²) in [5.41, 5.74) is 3.23. The summed E-state index contributed by atoms with van der Waals surface area (Å²) >= 11 is 7.12. The highest BCUT2D eigenvalue weighted by Crippen LogP contribution is 2.29. The number of benzene rings is 1. The topological polar surface area (TPSA) is 71.5 Å². The van der Waals surface area contributed by atoms with E-state index in [2.05, 4.69) is 19.9 Å². The number of halogens is 1. The van der Waals surface area contributed by atoms with Gasteiger partial charge in [0.25, 0.3) is 0 Å². The van der Waals surface area contributed by atoms with Crippen molar-refractivity contribution in [2.75, 3.05) is 0 Å². The summed E-state index contributed by atoms with van der Waals surface area (Å²) in [6.07, 6.45) is 1.97. The number of hydrogen-bond donors (Lipinski definition) is 1. The van der Waals surface area contributed by atoms with Gasteiger partial charge in [-0.25, -0.2) is 15.0 Å². The minimum Gasteiger partial charge on any atom is -0.333 e. The molecule has 0 saturated heterocycles. The Morgan fingerprint density at radius 1 is 1.35 bits per heavy atom. The lowest BCUT2D eigenvalue weighted by Gasteiger charge is -2.01. The van der Waals surface area contributed by atoms with Gasteiger partial charge in [0.2, 0.25) is 0 Å². The van der Waals surface area contributed by atoms with Gasteiger partial charge in [-0.05, 0) is 36.4 Å². The van der Waals surface area contributed by atoms with Gasteiger partial charge in [-0.1, -0.05) is 17.7 Å². The molecule has 0 fully saturated rings. The average Bonchev–Trinajstić information content (AvgIpc) is 2.80. The third kappa shape index (κ3) is 2.39. The van der Waals surface area contributed by atoms with E-state index < -0.39 is 0 Å². The van der Waals surface area contributed by atoms with E-state index in [-0.39, 0.29) is 10.7 Å². The second-order valence-electron chi connectivity index (χ2n) is 4.17. The molecular formula is C13H9ClN4OS. The normalized spacial score (nSPS) is 10.9. The van der Waals surface area contributed by atoms with E-state index in [0.29, 0.717) is 16.5 Å². The zero-order valence-electron chi connectivity index (χ0n) is 10.4. The summed E-state index contributed by atoms with van der Waals surface area (Å²) in [5.74, 6) is 0. The first-order valence-corrected chi connectivity index (χ1v) is 6.96. The lowest BCUT2D eigenvalue weighted by molar-refractivity contribution is 0.112. The summed E-state index contributed by atoms with van der Waals surface area (Å²) in [5, 5.41) is 1.28. The van der Waals surface area contributed by atoms with Crippen molar-refractivity contribution in [2.45, 2.75) is 17.1 Å². The Morgan fingerprint density at radius 3 is 3.00 bits per heavy atom. The summed E-state index contributed by atoms with van der Waals surface area (Å²) in [6.45, 7) is 2.02. The molecule has 0 amide bonds. The Labute approximate surface area is 123 Å². The molecule has 0 bridgehead atoms. The van der Waals surface area contributed by atoms with Crippen LogP contribution in [0.1, 0.15) is 15.9 Å². The fourth-order valence-electron chi connectivity index (χ4n) is 1.78. The molecule has 0 unspecified atom stereocenters. The molecule has 3 rings (SSSR count). The third-order valence-electron chi connectivity index (χ3n) is 2.73. The van der Waals surface area contributed by atoms with Crippen molar-refractivity contribution >= 4 is 40.7 Å². The number of imidazole rings is 1. The van der Waals surface area contributed by atoms with Crippen LogP contribution in [0.15, 0.2) is 34.7 Å². The van der Waals surface area contributed by atoms with Gasteiger partial charge < -0.3 is 4.98 Å². The van der Waals surface area contributed by atoms with Crippen LogP contribution in [0, 0.1) is 6.92 Å². The van der Waals surface area contributed by atoms with E-state index in [1.807, 2.05) is 25.1 Å². The van der Waals surface area contributed by atoms with Crippen LogP contribution in [0.3, 0.4) is 0 Å². The van der Waals surface area contributed by atoms with E-state index in [0.717, 1.165) is 16.6 Å². The molecule has 0 radical (unpaired) electrons. The molecule has 3 aromatic rings. The van der Waals surface area contributed by atoms with Crippen molar-refractivity contribution in [1.82, 2.24) is 19.9 Å². The van der Waals surface area contributed by atoms with Crippen LogP contribution < -0.4 is 0 Å². The predicted octanol–water partition coefficient (Wildman–Crippen LogP) is 3.28. The van der Waals surface area contributed by atoms with Gasteiger partial charge in [-0.15, -0.1) is 0 Å². The van der Waals surface area contributed by atoms with Gasteiger partial charge in [-0.3, -0.25) is 4.79 Å². The first-order chi connectivity index (χ1) is 9.67. The molecule has 1 N–H and O–H groups in total. The fourth-order valence-corrected chi connectivity index (χ4v) is 2.86. The number of aldehydes is 1. The Hall–Kier alpha value is -1.92. The average molecular weight is 305 g/mol. The number of carbonyl (C=O) groups is 1. The lowest BCUT2D eigenvalue weighted by Crippen LogP contribution is -1.94. The number of aromatic amines is 1. The van der Waals surface area contributed by atoms with Crippen molar-refractivity contribution < 1.29 is 4.79 Å². The van der Waals surface area contributed by atoms with Crippen molar-refractivity contribution in [2.24, 2.45) is 0 Å². The maximum atomic E-state index is 11.0. The number of hydrogen-bond acceptors (Lipinski definition) is 5.